The Morgan fingerprint density at radius 1 is 1.04 bits per heavy atom. The van der Waals surface area contributed by atoms with E-state index in [0.717, 1.165) is 0 Å². The molecule has 1 aromatic heterocycles. The molecule has 28 heavy (non-hydrogen) atoms. The summed E-state index contributed by atoms with van der Waals surface area (Å²) in [6.45, 7) is 5.41. The number of aromatic nitrogens is 3. The van der Waals surface area contributed by atoms with Crippen molar-refractivity contribution in [1.82, 2.24) is 14.8 Å². The first-order valence-electron chi connectivity index (χ1n) is 8.61. The van der Waals surface area contributed by atoms with Crippen molar-refractivity contribution in [2.24, 2.45) is 5.41 Å². The lowest BCUT2D eigenvalue weighted by molar-refractivity contribution is -0.123. The standard InChI is InChI=1S/C20H20FN5O2/c1-20(2,3)19(28)25-14-6-4-5-13(9-14)18(27)24-15-7-8-17(16(21)10-15)26-12-22-11-23-26/h4-12H,1-3H3,(H,24,27)(H,25,28). The number of nitrogens with one attached hydrogen (secondary N) is 2. The molecule has 3 rings (SSSR count). The van der Waals surface area contributed by atoms with Crippen LogP contribution in [-0.4, -0.2) is 26.6 Å². The molecule has 0 atom stereocenters. The summed E-state index contributed by atoms with van der Waals surface area (Å²) in [7, 11) is 0. The second-order valence-electron chi connectivity index (χ2n) is 7.25. The van der Waals surface area contributed by atoms with Gasteiger partial charge in [-0.15, -0.1) is 0 Å². The van der Waals surface area contributed by atoms with Crippen LogP contribution in [0.1, 0.15) is 31.1 Å². The van der Waals surface area contributed by atoms with Crippen molar-refractivity contribution in [2.75, 3.05) is 10.6 Å². The second kappa shape index (κ2) is 7.59. The molecule has 0 aliphatic rings. The molecule has 0 spiro atoms. The minimum atomic E-state index is -0.554. The zero-order chi connectivity index (χ0) is 20.3. The Morgan fingerprint density at radius 3 is 2.43 bits per heavy atom. The quantitative estimate of drug-likeness (QED) is 0.722. The summed E-state index contributed by atoms with van der Waals surface area (Å²) in [5.41, 5.74) is 0.826. The highest BCUT2D eigenvalue weighted by atomic mass is 19.1. The van der Waals surface area contributed by atoms with Gasteiger partial charge in [0.25, 0.3) is 5.91 Å². The van der Waals surface area contributed by atoms with Gasteiger partial charge in [-0.3, -0.25) is 9.59 Å². The van der Waals surface area contributed by atoms with E-state index in [4.69, 9.17) is 0 Å². The van der Waals surface area contributed by atoms with Gasteiger partial charge in [0.05, 0.1) is 0 Å². The number of halogens is 1. The lowest BCUT2D eigenvalue weighted by Gasteiger charge is -2.18. The van der Waals surface area contributed by atoms with Crippen LogP contribution < -0.4 is 10.6 Å². The normalized spacial score (nSPS) is 11.1. The highest BCUT2D eigenvalue weighted by molar-refractivity contribution is 6.05. The number of amides is 2. The number of anilines is 2. The number of rotatable bonds is 4. The fraction of sp³-hybridized carbons (Fsp3) is 0.200. The number of carbonyl (C=O) groups excluding carboxylic acids is 2. The van der Waals surface area contributed by atoms with E-state index in [0.29, 0.717) is 16.9 Å². The summed E-state index contributed by atoms with van der Waals surface area (Å²) in [5, 5.41) is 9.30. The van der Waals surface area contributed by atoms with E-state index in [1.165, 1.54) is 29.5 Å². The fourth-order valence-corrected chi connectivity index (χ4v) is 2.36. The van der Waals surface area contributed by atoms with E-state index >= 15 is 0 Å². The number of nitrogens with zero attached hydrogens (tertiary/aromatic N) is 3. The average molecular weight is 381 g/mol. The third-order valence-corrected chi connectivity index (χ3v) is 3.93. The van der Waals surface area contributed by atoms with E-state index < -0.39 is 17.1 Å². The van der Waals surface area contributed by atoms with Gasteiger partial charge in [-0.25, -0.2) is 14.1 Å². The van der Waals surface area contributed by atoms with Crippen LogP contribution in [0.3, 0.4) is 0 Å². The first kappa shape index (κ1) is 19.2. The largest absolute Gasteiger partial charge is 0.326 e. The summed E-state index contributed by atoms with van der Waals surface area (Å²) < 4.78 is 15.6. The summed E-state index contributed by atoms with van der Waals surface area (Å²) in [6.07, 6.45) is 2.69. The van der Waals surface area contributed by atoms with Crippen LogP contribution in [0.2, 0.25) is 0 Å². The van der Waals surface area contributed by atoms with Crippen molar-refractivity contribution in [3.8, 4) is 5.69 Å². The third kappa shape index (κ3) is 4.40. The van der Waals surface area contributed by atoms with Crippen LogP contribution in [0.25, 0.3) is 5.69 Å². The molecule has 0 unspecified atom stereocenters. The Hall–Kier alpha value is -3.55. The average Bonchev–Trinajstić information content (AvgIpc) is 3.15. The minimum absolute atomic E-state index is 0.157. The van der Waals surface area contributed by atoms with Gasteiger partial charge in [-0.05, 0) is 36.4 Å². The van der Waals surface area contributed by atoms with Gasteiger partial charge >= 0.3 is 0 Å². The van der Waals surface area contributed by atoms with Crippen molar-refractivity contribution in [3.63, 3.8) is 0 Å². The molecule has 0 aliphatic heterocycles. The molecule has 2 amide bonds. The molecule has 0 bridgehead atoms. The molecule has 0 saturated heterocycles. The Bertz CT molecular complexity index is 1010. The Labute approximate surface area is 161 Å². The zero-order valence-corrected chi connectivity index (χ0v) is 15.7. The van der Waals surface area contributed by atoms with Gasteiger partial charge in [0.2, 0.25) is 5.91 Å². The lowest BCUT2D eigenvalue weighted by atomic mass is 9.95. The maximum absolute atomic E-state index is 14.3. The molecule has 144 valence electrons. The van der Waals surface area contributed by atoms with Crippen molar-refractivity contribution >= 4 is 23.2 Å². The van der Waals surface area contributed by atoms with E-state index in [1.807, 2.05) is 0 Å². The predicted octanol–water partition coefficient (Wildman–Crippen LogP) is 3.64. The molecule has 0 fully saturated rings. The van der Waals surface area contributed by atoms with Gasteiger partial charge in [-0.1, -0.05) is 26.8 Å². The molecule has 7 nitrogen and oxygen atoms in total. The van der Waals surface area contributed by atoms with Crippen molar-refractivity contribution in [2.45, 2.75) is 20.8 Å². The fourth-order valence-electron chi connectivity index (χ4n) is 2.36. The molecule has 2 aromatic carbocycles. The number of carbonyl (C=O) groups is 2. The monoisotopic (exact) mass is 381 g/mol. The van der Waals surface area contributed by atoms with E-state index in [-0.39, 0.29) is 11.6 Å². The smallest absolute Gasteiger partial charge is 0.255 e. The molecular weight excluding hydrogens is 361 g/mol. The van der Waals surface area contributed by atoms with Crippen LogP contribution in [0.4, 0.5) is 15.8 Å². The second-order valence-corrected chi connectivity index (χ2v) is 7.25. The van der Waals surface area contributed by atoms with E-state index in [1.54, 1.807) is 51.1 Å². The Kier molecular flexibility index (Phi) is 5.21. The SMILES string of the molecule is CC(C)(C)C(=O)Nc1cccc(C(=O)Nc2ccc(-n3cncn3)c(F)c2)c1. The molecule has 8 heteroatoms. The van der Waals surface area contributed by atoms with E-state index in [2.05, 4.69) is 20.7 Å². The molecular formula is C20H20FN5O2. The predicted molar refractivity (Wildman–Crippen MR) is 104 cm³/mol. The maximum Gasteiger partial charge on any atom is 0.255 e. The molecule has 0 radical (unpaired) electrons. The number of benzene rings is 2. The first-order chi connectivity index (χ1) is 13.2. The van der Waals surface area contributed by atoms with Gasteiger partial charge < -0.3 is 10.6 Å². The first-order valence-corrected chi connectivity index (χ1v) is 8.61. The van der Waals surface area contributed by atoms with Crippen molar-refractivity contribution in [3.05, 3.63) is 66.5 Å². The van der Waals surface area contributed by atoms with Gasteiger partial charge in [0.1, 0.15) is 18.3 Å². The minimum Gasteiger partial charge on any atom is -0.326 e. The maximum atomic E-state index is 14.3. The van der Waals surface area contributed by atoms with Crippen LogP contribution >= 0.6 is 0 Å². The van der Waals surface area contributed by atoms with Crippen molar-refractivity contribution < 1.29 is 14.0 Å². The third-order valence-electron chi connectivity index (χ3n) is 3.93. The van der Waals surface area contributed by atoms with Crippen LogP contribution in [-0.2, 0) is 4.79 Å². The topological polar surface area (TPSA) is 88.9 Å². The molecule has 3 aromatic rings. The van der Waals surface area contributed by atoms with Gasteiger partial charge in [-0.2, -0.15) is 5.10 Å². The van der Waals surface area contributed by atoms with Crippen LogP contribution in [0.15, 0.2) is 55.1 Å². The molecule has 0 aliphatic carbocycles. The molecule has 0 saturated carbocycles. The summed E-state index contributed by atoms with van der Waals surface area (Å²) in [6, 6.07) is 10.8. The molecule has 1 heterocycles. The van der Waals surface area contributed by atoms with Gasteiger partial charge in [0, 0.05) is 22.4 Å². The van der Waals surface area contributed by atoms with Crippen molar-refractivity contribution in [1.29, 1.82) is 0 Å². The number of hydrogen-bond donors (Lipinski definition) is 2. The van der Waals surface area contributed by atoms with E-state index in [9.17, 15) is 14.0 Å². The highest BCUT2D eigenvalue weighted by Gasteiger charge is 2.21. The summed E-state index contributed by atoms with van der Waals surface area (Å²) in [4.78, 5) is 28.4. The lowest BCUT2D eigenvalue weighted by Crippen LogP contribution is -2.27. The van der Waals surface area contributed by atoms with Crippen LogP contribution in [0, 0.1) is 11.2 Å². The Morgan fingerprint density at radius 2 is 1.79 bits per heavy atom. The summed E-state index contributed by atoms with van der Waals surface area (Å²) >= 11 is 0. The Balaban J connectivity index is 1.74. The zero-order valence-electron chi connectivity index (χ0n) is 15.7. The van der Waals surface area contributed by atoms with Gasteiger partial charge in [0.15, 0.2) is 5.82 Å². The molecule has 2 N–H and O–H groups in total. The number of hydrogen-bond acceptors (Lipinski definition) is 4. The summed E-state index contributed by atoms with van der Waals surface area (Å²) in [5.74, 6) is -1.12. The van der Waals surface area contributed by atoms with Crippen LogP contribution in [0.5, 0.6) is 0 Å². The highest BCUT2D eigenvalue weighted by Crippen LogP contribution is 2.20.